The van der Waals surface area contributed by atoms with E-state index in [1.165, 1.54) is 0 Å². The normalized spacial score (nSPS) is 12.6. The van der Waals surface area contributed by atoms with Gasteiger partial charge in [0, 0.05) is 6.54 Å². The maximum Gasteiger partial charge on any atom is 0.260 e. The van der Waals surface area contributed by atoms with Crippen LogP contribution in [0.1, 0.15) is 58.1 Å². The summed E-state index contributed by atoms with van der Waals surface area (Å²) in [6, 6.07) is 6.17. The average Bonchev–Trinajstić information content (AvgIpc) is 2.37. The predicted octanol–water partition coefficient (Wildman–Crippen LogP) is 4.05. The van der Waals surface area contributed by atoms with E-state index in [9.17, 15) is 4.79 Å². The lowest BCUT2D eigenvalue weighted by Gasteiger charge is -2.19. The van der Waals surface area contributed by atoms with E-state index in [2.05, 4.69) is 45.1 Å². The summed E-state index contributed by atoms with van der Waals surface area (Å²) in [5, 5.41) is 2.93. The molecule has 0 bridgehead atoms. The van der Waals surface area contributed by atoms with Gasteiger partial charge in [-0.2, -0.15) is 0 Å². The highest BCUT2D eigenvalue weighted by molar-refractivity contribution is 5.80. The van der Waals surface area contributed by atoms with Crippen molar-refractivity contribution in [3.05, 3.63) is 29.3 Å². The summed E-state index contributed by atoms with van der Waals surface area (Å²) >= 11 is 0. The van der Waals surface area contributed by atoms with Crippen molar-refractivity contribution >= 4 is 5.91 Å². The van der Waals surface area contributed by atoms with Gasteiger partial charge in [-0.25, -0.2) is 0 Å². The number of amides is 1. The van der Waals surface area contributed by atoms with Crippen LogP contribution in [0.15, 0.2) is 18.2 Å². The van der Waals surface area contributed by atoms with E-state index in [0.717, 1.165) is 23.3 Å². The van der Waals surface area contributed by atoms with Crippen molar-refractivity contribution in [3.63, 3.8) is 0 Å². The van der Waals surface area contributed by atoms with Gasteiger partial charge in [-0.3, -0.25) is 4.79 Å². The molecule has 118 valence electrons. The SMILES string of the molecule is Cc1ccc(C(C)C)c(O[C@@H](C)C(=O)NCCC(C)C)c1. The highest BCUT2D eigenvalue weighted by atomic mass is 16.5. The van der Waals surface area contributed by atoms with Crippen LogP contribution in [-0.4, -0.2) is 18.6 Å². The lowest BCUT2D eigenvalue weighted by atomic mass is 10.0. The number of carbonyl (C=O) groups excluding carboxylic acids is 1. The Labute approximate surface area is 129 Å². The Bertz CT molecular complexity index is 466. The van der Waals surface area contributed by atoms with E-state index in [4.69, 9.17) is 4.74 Å². The minimum Gasteiger partial charge on any atom is -0.481 e. The molecule has 1 aromatic carbocycles. The van der Waals surface area contributed by atoms with Gasteiger partial charge in [-0.1, -0.05) is 39.8 Å². The molecule has 0 aliphatic heterocycles. The number of ether oxygens (including phenoxy) is 1. The third-order valence-corrected chi connectivity index (χ3v) is 3.48. The first-order valence-corrected chi connectivity index (χ1v) is 7.86. The lowest BCUT2D eigenvalue weighted by molar-refractivity contribution is -0.127. The van der Waals surface area contributed by atoms with Crippen molar-refractivity contribution in [1.29, 1.82) is 0 Å². The van der Waals surface area contributed by atoms with Gasteiger partial charge in [0.05, 0.1) is 0 Å². The molecule has 0 aromatic heterocycles. The van der Waals surface area contributed by atoms with Gasteiger partial charge in [0.15, 0.2) is 6.10 Å². The molecule has 0 unspecified atom stereocenters. The van der Waals surface area contributed by atoms with Crippen molar-refractivity contribution in [1.82, 2.24) is 5.32 Å². The molecule has 1 atom stereocenters. The molecule has 1 rings (SSSR count). The molecule has 0 fully saturated rings. The van der Waals surface area contributed by atoms with Crippen LogP contribution < -0.4 is 10.1 Å². The molecule has 1 amide bonds. The third kappa shape index (κ3) is 5.78. The highest BCUT2D eigenvalue weighted by Gasteiger charge is 2.17. The maximum atomic E-state index is 12.1. The van der Waals surface area contributed by atoms with Crippen LogP contribution in [0.25, 0.3) is 0 Å². The van der Waals surface area contributed by atoms with Crippen molar-refractivity contribution in [2.75, 3.05) is 6.54 Å². The summed E-state index contributed by atoms with van der Waals surface area (Å²) in [4.78, 5) is 12.1. The molecule has 0 saturated heterocycles. The Morgan fingerprint density at radius 3 is 2.43 bits per heavy atom. The van der Waals surface area contributed by atoms with Gasteiger partial charge in [0.25, 0.3) is 5.91 Å². The first kappa shape index (κ1) is 17.5. The smallest absolute Gasteiger partial charge is 0.260 e. The van der Waals surface area contributed by atoms with Gasteiger partial charge in [-0.15, -0.1) is 0 Å². The fourth-order valence-electron chi connectivity index (χ4n) is 2.09. The molecule has 1 aromatic rings. The number of rotatable bonds is 7. The van der Waals surface area contributed by atoms with Crippen LogP contribution in [-0.2, 0) is 4.79 Å². The van der Waals surface area contributed by atoms with E-state index in [1.54, 1.807) is 6.92 Å². The monoisotopic (exact) mass is 291 g/mol. The maximum absolute atomic E-state index is 12.1. The third-order valence-electron chi connectivity index (χ3n) is 3.48. The minimum atomic E-state index is -0.475. The predicted molar refractivity (Wildman–Crippen MR) is 87.8 cm³/mol. The zero-order chi connectivity index (χ0) is 16.0. The van der Waals surface area contributed by atoms with Crippen molar-refractivity contribution < 1.29 is 9.53 Å². The summed E-state index contributed by atoms with van der Waals surface area (Å²) in [7, 11) is 0. The molecule has 1 N–H and O–H groups in total. The topological polar surface area (TPSA) is 38.3 Å². The summed E-state index contributed by atoms with van der Waals surface area (Å²) in [6.07, 6.45) is 0.511. The number of hydrogen-bond acceptors (Lipinski definition) is 2. The summed E-state index contributed by atoms with van der Waals surface area (Å²) in [6.45, 7) is 13.1. The van der Waals surface area contributed by atoms with Gasteiger partial charge in [-0.05, 0) is 49.3 Å². The first-order valence-electron chi connectivity index (χ1n) is 7.86. The van der Waals surface area contributed by atoms with Crippen molar-refractivity contribution in [3.8, 4) is 5.75 Å². The molecular formula is C18H29NO2. The summed E-state index contributed by atoms with van der Waals surface area (Å²) < 4.78 is 5.89. The van der Waals surface area contributed by atoms with Gasteiger partial charge in [0.2, 0.25) is 0 Å². The Balaban J connectivity index is 2.67. The van der Waals surface area contributed by atoms with Crippen LogP contribution >= 0.6 is 0 Å². The number of benzene rings is 1. The van der Waals surface area contributed by atoms with Crippen LogP contribution in [0.2, 0.25) is 0 Å². The fraction of sp³-hybridized carbons (Fsp3) is 0.611. The average molecular weight is 291 g/mol. The number of hydrogen-bond donors (Lipinski definition) is 1. The second kappa shape index (κ2) is 8.06. The second-order valence-electron chi connectivity index (χ2n) is 6.43. The number of aryl methyl sites for hydroxylation is 1. The van der Waals surface area contributed by atoms with E-state index < -0.39 is 6.10 Å². The summed E-state index contributed by atoms with van der Waals surface area (Å²) in [5.74, 6) is 1.73. The Kier molecular flexibility index (Phi) is 6.73. The molecule has 0 radical (unpaired) electrons. The van der Waals surface area contributed by atoms with Crippen molar-refractivity contribution in [2.24, 2.45) is 5.92 Å². The Morgan fingerprint density at radius 2 is 1.86 bits per heavy atom. The second-order valence-corrected chi connectivity index (χ2v) is 6.43. The highest BCUT2D eigenvalue weighted by Crippen LogP contribution is 2.28. The zero-order valence-electron chi connectivity index (χ0n) is 14.2. The molecule has 0 aliphatic carbocycles. The summed E-state index contributed by atoms with van der Waals surface area (Å²) in [5.41, 5.74) is 2.28. The lowest BCUT2D eigenvalue weighted by Crippen LogP contribution is -2.37. The Morgan fingerprint density at radius 1 is 1.19 bits per heavy atom. The quantitative estimate of drug-likeness (QED) is 0.823. The number of carbonyl (C=O) groups is 1. The van der Waals surface area contributed by atoms with E-state index in [-0.39, 0.29) is 5.91 Å². The molecule has 3 nitrogen and oxygen atoms in total. The fourth-order valence-corrected chi connectivity index (χ4v) is 2.09. The molecule has 0 spiro atoms. The van der Waals surface area contributed by atoms with Crippen LogP contribution in [0.4, 0.5) is 0 Å². The van der Waals surface area contributed by atoms with Crippen LogP contribution in [0.5, 0.6) is 5.75 Å². The molecule has 0 aliphatic rings. The Hall–Kier alpha value is -1.51. The van der Waals surface area contributed by atoms with Gasteiger partial charge >= 0.3 is 0 Å². The molecule has 21 heavy (non-hydrogen) atoms. The van der Waals surface area contributed by atoms with Crippen LogP contribution in [0.3, 0.4) is 0 Å². The molecular weight excluding hydrogens is 262 g/mol. The molecule has 0 heterocycles. The van der Waals surface area contributed by atoms with Crippen LogP contribution in [0, 0.1) is 12.8 Å². The van der Waals surface area contributed by atoms with E-state index in [0.29, 0.717) is 18.4 Å². The largest absolute Gasteiger partial charge is 0.481 e. The van der Waals surface area contributed by atoms with Gasteiger partial charge in [0.1, 0.15) is 5.75 Å². The van der Waals surface area contributed by atoms with Gasteiger partial charge < -0.3 is 10.1 Å². The standard InChI is InChI=1S/C18H29NO2/c1-12(2)9-10-19-18(20)15(6)21-17-11-14(5)7-8-16(17)13(3)4/h7-8,11-13,15H,9-10H2,1-6H3,(H,19,20)/t15-/m0/s1. The van der Waals surface area contributed by atoms with E-state index >= 15 is 0 Å². The number of nitrogens with one attached hydrogen (secondary N) is 1. The zero-order valence-corrected chi connectivity index (χ0v) is 14.2. The van der Waals surface area contributed by atoms with E-state index in [1.807, 2.05) is 13.0 Å². The van der Waals surface area contributed by atoms with Crippen molar-refractivity contribution in [2.45, 2.75) is 60.0 Å². The molecule has 3 heteroatoms. The molecule has 0 saturated carbocycles. The minimum absolute atomic E-state index is 0.0492. The first-order chi connectivity index (χ1) is 9.81.